The molecule has 0 saturated carbocycles. The molecule has 10 heavy (non-hydrogen) atoms. The lowest BCUT2D eigenvalue weighted by Gasteiger charge is -2.19. The standard InChI is InChI=1S/C7H14O3/c1-4-6(9-2)7(5-8)10-3/h4,6-8H,1,5H2,2-3H3/t6-,7+/m0/s1. The molecule has 0 aromatic heterocycles. The van der Waals surface area contributed by atoms with E-state index >= 15 is 0 Å². The van der Waals surface area contributed by atoms with Gasteiger partial charge in [0.25, 0.3) is 0 Å². The van der Waals surface area contributed by atoms with Crippen molar-refractivity contribution in [2.24, 2.45) is 0 Å². The maximum Gasteiger partial charge on any atom is 0.110 e. The average molecular weight is 146 g/mol. The molecule has 0 aromatic carbocycles. The first-order valence-corrected chi connectivity index (χ1v) is 3.09. The van der Waals surface area contributed by atoms with Crippen LogP contribution in [0, 0.1) is 0 Å². The third kappa shape index (κ3) is 2.47. The normalized spacial score (nSPS) is 16.3. The van der Waals surface area contributed by atoms with E-state index in [2.05, 4.69) is 6.58 Å². The highest BCUT2D eigenvalue weighted by molar-refractivity contribution is 4.86. The summed E-state index contributed by atoms with van der Waals surface area (Å²) in [6.07, 6.45) is 1.07. The lowest BCUT2D eigenvalue weighted by atomic mass is 10.2. The summed E-state index contributed by atoms with van der Waals surface area (Å²) >= 11 is 0. The molecule has 0 aliphatic rings. The summed E-state index contributed by atoms with van der Waals surface area (Å²) in [6, 6.07) is 0. The van der Waals surface area contributed by atoms with Crippen LogP contribution < -0.4 is 0 Å². The Hall–Kier alpha value is -0.380. The molecule has 3 nitrogen and oxygen atoms in total. The largest absolute Gasteiger partial charge is 0.394 e. The monoisotopic (exact) mass is 146 g/mol. The van der Waals surface area contributed by atoms with Crippen molar-refractivity contribution in [2.45, 2.75) is 12.2 Å². The summed E-state index contributed by atoms with van der Waals surface area (Å²) in [6.45, 7) is 3.48. The number of hydrogen-bond donors (Lipinski definition) is 1. The van der Waals surface area contributed by atoms with Crippen LogP contribution in [0.25, 0.3) is 0 Å². The second-order valence-electron chi connectivity index (χ2n) is 1.89. The first-order valence-electron chi connectivity index (χ1n) is 3.09. The summed E-state index contributed by atoms with van der Waals surface area (Å²) < 4.78 is 9.84. The molecule has 0 amide bonds. The highest BCUT2D eigenvalue weighted by atomic mass is 16.5. The van der Waals surface area contributed by atoms with Gasteiger partial charge in [-0.05, 0) is 0 Å². The molecule has 0 unspecified atom stereocenters. The van der Waals surface area contributed by atoms with E-state index in [0.717, 1.165) is 0 Å². The van der Waals surface area contributed by atoms with Crippen molar-refractivity contribution in [1.29, 1.82) is 0 Å². The minimum Gasteiger partial charge on any atom is -0.394 e. The van der Waals surface area contributed by atoms with E-state index in [1.165, 1.54) is 7.11 Å². The van der Waals surface area contributed by atoms with E-state index in [0.29, 0.717) is 0 Å². The number of methoxy groups -OCH3 is 2. The van der Waals surface area contributed by atoms with Crippen molar-refractivity contribution in [3.05, 3.63) is 12.7 Å². The Bertz CT molecular complexity index is 88.9. The molecular weight excluding hydrogens is 132 g/mol. The van der Waals surface area contributed by atoms with Crippen LogP contribution in [0.2, 0.25) is 0 Å². The lowest BCUT2D eigenvalue weighted by Crippen LogP contribution is -2.31. The Labute approximate surface area is 61.3 Å². The molecule has 0 fully saturated rings. The van der Waals surface area contributed by atoms with Crippen molar-refractivity contribution in [1.82, 2.24) is 0 Å². The molecule has 0 saturated heterocycles. The van der Waals surface area contributed by atoms with Crippen LogP contribution in [0.4, 0.5) is 0 Å². The molecule has 2 atom stereocenters. The fourth-order valence-electron chi connectivity index (χ4n) is 0.712. The highest BCUT2D eigenvalue weighted by Gasteiger charge is 2.15. The van der Waals surface area contributed by atoms with Crippen LogP contribution in [-0.4, -0.2) is 38.1 Å². The molecule has 0 heterocycles. The van der Waals surface area contributed by atoms with Gasteiger partial charge >= 0.3 is 0 Å². The predicted molar refractivity (Wildman–Crippen MR) is 38.9 cm³/mol. The molecule has 3 heteroatoms. The van der Waals surface area contributed by atoms with Crippen molar-refractivity contribution < 1.29 is 14.6 Å². The second-order valence-corrected chi connectivity index (χ2v) is 1.89. The van der Waals surface area contributed by atoms with Gasteiger partial charge in [-0.25, -0.2) is 0 Å². The van der Waals surface area contributed by atoms with Gasteiger partial charge in [-0.2, -0.15) is 0 Å². The topological polar surface area (TPSA) is 38.7 Å². The summed E-state index contributed by atoms with van der Waals surface area (Å²) in [5.74, 6) is 0. The number of aliphatic hydroxyl groups is 1. The summed E-state index contributed by atoms with van der Waals surface area (Å²) in [5.41, 5.74) is 0. The summed E-state index contributed by atoms with van der Waals surface area (Å²) in [5, 5.41) is 8.71. The Morgan fingerprint density at radius 3 is 2.20 bits per heavy atom. The zero-order valence-electron chi connectivity index (χ0n) is 6.41. The molecule has 60 valence electrons. The van der Waals surface area contributed by atoms with Crippen molar-refractivity contribution >= 4 is 0 Å². The highest BCUT2D eigenvalue weighted by Crippen LogP contribution is 2.01. The van der Waals surface area contributed by atoms with Crippen LogP contribution in [0.3, 0.4) is 0 Å². The van der Waals surface area contributed by atoms with Crippen molar-refractivity contribution in [3.8, 4) is 0 Å². The van der Waals surface area contributed by atoms with Crippen molar-refractivity contribution in [3.63, 3.8) is 0 Å². The van der Waals surface area contributed by atoms with Gasteiger partial charge in [-0.3, -0.25) is 0 Å². The zero-order chi connectivity index (χ0) is 7.98. The van der Waals surface area contributed by atoms with Gasteiger partial charge in [0.1, 0.15) is 12.2 Å². The van der Waals surface area contributed by atoms with Crippen molar-refractivity contribution in [2.75, 3.05) is 20.8 Å². The SMILES string of the molecule is C=C[C@H](OC)[C@@H](CO)OC. The van der Waals surface area contributed by atoms with Gasteiger partial charge in [0.15, 0.2) is 0 Å². The van der Waals surface area contributed by atoms with Crippen LogP contribution in [0.15, 0.2) is 12.7 Å². The number of rotatable bonds is 5. The maximum absolute atomic E-state index is 8.71. The molecule has 0 radical (unpaired) electrons. The van der Waals surface area contributed by atoms with Gasteiger partial charge in [0.05, 0.1) is 6.61 Å². The van der Waals surface area contributed by atoms with Gasteiger partial charge in [-0.15, -0.1) is 6.58 Å². The van der Waals surface area contributed by atoms with E-state index in [9.17, 15) is 0 Å². The minimum absolute atomic E-state index is 0.0545. The average Bonchev–Trinajstić information content (AvgIpc) is 2.00. The number of hydrogen-bond acceptors (Lipinski definition) is 3. The molecule has 0 aliphatic carbocycles. The van der Waals surface area contributed by atoms with Crippen LogP contribution in [0.1, 0.15) is 0 Å². The first-order chi connectivity index (χ1) is 4.79. The fraction of sp³-hybridized carbons (Fsp3) is 0.714. The summed E-state index contributed by atoms with van der Waals surface area (Å²) in [4.78, 5) is 0. The van der Waals surface area contributed by atoms with E-state index in [1.54, 1.807) is 13.2 Å². The van der Waals surface area contributed by atoms with E-state index in [4.69, 9.17) is 14.6 Å². The third-order valence-corrected chi connectivity index (χ3v) is 1.35. The van der Waals surface area contributed by atoms with E-state index in [-0.39, 0.29) is 18.8 Å². The molecule has 0 aliphatic heterocycles. The summed E-state index contributed by atoms with van der Waals surface area (Å²) in [7, 11) is 3.07. The molecule has 1 N–H and O–H groups in total. The molecule has 0 spiro atoms. The van der Waals surface area contributed by atoms with Gasteiger partial charge in [-0.1, -0.05) is 6.08 Å². The van der Waals surface area contributed by atoms with Crippen LogP contribution >= 0.6 is 0 Å². The van der Waals surface area contributed by atoms with Gasteiger partial charge in [0.2, 0.25) is 0 Å². The fourth-order valence-corrected chi connectivity index (χ4v) is 0.712. The minimum atomic E-state index is -0.303. The van der Waals surface area contributed by atoms with Gasteiger partial charge in [0, 0.05) is 14.2 Å². The zero-order valence-corrected chi connectivity index (χ0v) is 6.41. The molecule has 0 bridgehead atoms. The third-order valence-electron chi connectivity index (χ3n) is 1.35. The molecule has 0 rings (SSSR count). The maximum atomic E-state index is 8.71. The Kier molecular flexibility index (Phi) is 5.20. The molecular formula is C7H14O3. The molecule has 0 aromatic rings. The van der Waals surface area contributed by atoms with E-state index < -0.39 is 0 Å². The Morgan fingerprint density at radius 2 is 2.10 bits per heavy atom. The predicted octanol–water partition coefficient (Wildman–Crippen LogP) is 0.195. The van der Waals surface area contributed by atoms with Crippen LogP contribution in [0.5, 0.6) is 0 Å². The first kappa shape index (κ1) is 9.62. The number of aliphatic hydroxyl groups excluding tert-OH is 1. The van der Waals surface area contributed by atoms with E-state index in [1.807, 2.05) is 0 Å². The lowest BCUT2D eigenvalue weighted by molar-refractivity contribution is -0.0385. The Morgan fingerprint density at radius 1 is 1.50 bits per heavy atom. The Balaban J connectivity index is 3.81. The smallest absolute Gasteiger partial charge is 0.110 e. The number of ether oxygens (including phenoxy) is 2. The van der Waals surface area contributed by atoms with Crippen LogP contribution in [-0.2, 0) is 9.47 Å². The van der Waals surface area contributed by atoms with Gasteiger partial charge < -0.3 is 14.6 Å². The quantitative estimate of drug-likeness (QED) is 0.563. The second kappa shape index (κ2) is 5.41.